The van der Waals surface area contributed by atoms with Crippen molar-refractivity contribution in [3.63, 3.8) is 0 Å². The first kappa shape index (κ1) is 26.2. The molecule has 1 saturated heterocycles. The molecule has 0 aliphatic carbocycles. The number of rotatable bonds is 11. The van der Waals surface area contributed by atoms with E-state index in [9.17, 15) is 18.0 Å². The highest BCUT2D eigenvalue weighted by Gasteiger charge is 2.34. The molecule has 0 spiro atoms. The largest absolute Gasteiger partial charge is 0.496 e. The molecule has 9 heteroatoms. The maximum Gasteiger partial charge on any atom is 0.419 e. The van der Waals surface area contributed by atoms with E-state index in [0.29, 0.717) is 31.8 Å². The quantitative estimate of drug-likeness (QED) is 0.525. The maximum absolute atomic E-state index is 13.4. The molecule has 0 aromatic heterocycles. The lowest BCUT2D eigenvalue weighted by molar-refractivity contribution is -0.165. The molecule has 1 amide bonds. The molecule has 2 atom stereocenters. The first-order valence-electron chi connectivity index (χ1n) is 10.7. The van der Waals surface area contributed by atoms with E-state index >= 15 is 0 Å². The van der Waals surface area contributed by atoms with Crippen LogP contribution in [-0.4, -0.2) is 51.3 Å². The number of alkyl halides is 3. The van der Waals surface area contributed by atoms with Crippen molar-refractivity contribution in [3.8, 4) is 5.75 Å². The van der Waals surface area contributed by atoms with Gasteiger partial charge in [0.2, 0.25) is 5.91 Å². The number of hydrogen-bond acceptors (Lipinski definition) is 5. The highest BCUT2D eigenvalue weighted by molar-refractivity contribution is 5.74. The number of nitrogens with one attached hydrogen (secondary N) is 1. The van der Waals surface area contributed by atoms with E-state index in [4.69, 9.17) is 18.9 Å². The summed E-state index contributed by atoms with van der Waals surface area (Å²) in [7, 11) is 1.19. The Morgan fingerprint density at radius 3 is 2.69 bits per heavy atom. The zero-order valence-electron chi connectivity index (χ0n) is 18.8. The van der Waals surface area contributed by atoms with Gasteiger partial charge in [0.05, 0.1) is 31.4 Å². The summed E-state index contributed by atoms with van der Waals surface area (Å²) in [6.45, 7) is 4.72. The second kappa shape index (κ2) is 12.2. The van der Waals surface area contributed by atoms with Crippen LogP contribution in [0.25, 0.3) is 6.08 Å². The van der Waals surface area contributed by atoms with E-state index in [-0.39, 0.29) is 24.6 Å². The third-order valence-electron chi connectivity index (χ3n) is 5.10. The number of methoxy groups -OCH3 is 1. The Kier molecular flexibility index (Phi) is 9.99. The van der Waals surface area contributed by atoms with Gasteiger partial charge in [-0.3, -0.25) is 4.79 Å². The van der Waals surface area contributed by atoms with Gasteiger partial charge in [-0.05, 0) is 50.3 Å². The molecule has 2 rings (SSSR count). The van der Waals surface area contributed by atoms with Crippen molar-refractivity contribution in [2.45, 2.75) is 57.5 Å². The van der Waals surface area contributed by atoms with Crippen LogP contribution in [0.3, 0.4) is 0 Å². The zero-order valence-corrected chi connectivity index (χ0v) is 18.8. The van der Waals surface area contributed by atoms with Gasteiger partial charge in [-0.15, -0.1) is 0 Å². The molecule has 6 nitrogen and oxygen atoms in total. The normalized spacial score (nSPS) is 19.0. The fraction of sp³-hybridized carbons (Fsp3) is 0.609. The molecule has 180 valence electrons. The fourth-order valence-electron chi connectivity index (χ4n) is 3.50. The third kappa shape index (κ3) is 8.11. The van der Waals surface area contributed by atoms with Gasteiger partial charge in [0.25, 0.3) is 0 Å². The summed E-state index contributed by atoms with van der Waals surface area (Å²) >= 11 is 0. The summed E-state index contributed by atoms with van der Waals surface area (Å²) in [5, 5.41) is 2.89. The van der Waals surface area contributed by atoms with E-state index < -0.39 is 17.3 Å². The average molecular weight is 460 g/mol. The summed E-state index contributed by atoms with van der Waals surface area (Å²) < 4.78 is 61.9. The number of benzene rings is 1. The maximum atomic E-state index is 13.4. The van der Waals surface area contributed by atoms with E-state index in [2.05, 4.69) is 5.32 Å². The predicted molar refractivity (Wildman–Crippen MR) is 114 cm³/mol. The van der Waals surface area contributed by atoms with Crippen molar-refractivity contribution in [2.24, 2.45) is 0 Å². The topological polar surface area (TPSA) is 66.0 Å². The summed E-state index contributed by atoms with van der Waals surface area (Å²) in [5.41, 5.74) is -1.50. The molecule has 32 heavy (non-hydrogen) atoms. The number of amides is 1. The van der Waals surface area contributed by atoms with Gasteiger partial charge in [0.15, 0.2) is 6.29 Å². The first-order valence-corrected chi connectivity index (χ1v) is 10.7. The summed E-state index contributed by atoms with van der Waals surface area (Å²) in [5.74, 6) is -0.535. The molecule has 1 N–H and O–H groups in total. The van der Waals surface area contributed by atoms with Gasteiger partial charge >= 0.3 is 6.18 Å². The molecule has 2 unspecified atom stereocenters. The minimum atomic E-state index is -4.55. The molecule has 1 aliphatic rings. The molecular formula is C23H32F3NO5. The summed E-state index contributed by atoms with van der Waals surface area (Å²) in [6.07, 6.45) is 1.57. The van der Waals surface area contributed by atoms with E-state index in [0.717, 1.165) is 25.3 Å². The SMILES string of the molecule is CCOCC(C=Cc1ccc(OC)c(C(F)(F)F)c1)(CCOC1CCCCO1)NC(C)=O. The molecule has 0 radical (unpaired) electrons. The number of ether oxygens (including phenoxy) is 4. The van der Waals surface area contributed by atoms with Crippen molar-refractivity contribution < 1.29 is 36.9 Å². The smallest absolute Gasteiger partial charge is 0.419 e. The van der Waals surface area contributed by atoms with Crippen molar-refractivity contribution >= 4 is 12.0 Å². The summed E-state index contributed by atoms with van der Waals surface area (Å²) in [6, 6.07) is 3.81. The third-order valence-corrected chi connectivity index (χ3v) is 5.10. The Balaban J connectivity index is 2.25. The van der Waals surface area contributed by atoms with Gasteiger partial charge in [-0.25, -0.2) is 0 Å². The van der Waals surface area contributed by atoms with Crippen LogP contribution in [0.4, 0.5) is 13.2 Å². The van der Waals surface area contributed by atoms with Gasteiger partial charge in [0.1, 0.15) is 5.75 Å². The minimum Gasteiger partial charge on any atom is -0.496 e. The Morgan fingerprint density at radius 1 is 1.31 bits per heavy atom. The van der Waals surface area contributed by atoms with Gasteiger partial charge in [-0.2, -0.15) is 13.2 Å². The monoisotopic (exact) mass is 459 g/mol. The van der Waals surface area contributed by atoms with Crippen LogP contribution >= 0.6 is 0 Å². The minimum absolute atomic E-state index is 0.150. The molecule has 1 aliphatic heterocycles. The van der Waals surface area contributed by atoms with Crippen LogP contribution in [-0.2, 0) is 25.2 Å². The molecule has 1 fully saturated rings. The zero-order chi connectivity index (χ0) is 23.6. The van der Waals surface area contributed by atoms with Crippen LogP contribution in [0, 0.1) is 0 Å². The van der Waals surface area contributed by atoms with Crippen LogP contribution in [0.2, 0.25) is 0 Å². The molecule has 0 bridgehead atoms. The highest BCUT2D eigenvalue weighted by Crippen LogP contribution is 2.37. The Hall–Kier alpha value is -2.10. The van der Waals surface area contributed by atoms with Crippen LogP contribution in [0.15, 0.2) is 24.3 Å². The lowest BCUT2D eigenvalue weighted by atomic mass is 9.94. The van der Waals surface area contributed by atoms with Gasteiger partial charge in [0, 0.05) is 20.1 Å². The number of carbonyl (C=O) groups is 1. The Labute approximate surface area is 187 Å². The van der Waals surface area contributed by atoms with Crippen LogP contribution in [0.1, 0.15) is 50.7 Å². The molecule has 1 aromatic rings. The molecule has 1 heterocycles. The fourth-order valence-corrected chi connectivity index (χ4v) is 3.50. The summed E-state index contributed by atoms with van der Waals surface area (Å²) in [4.78, 5) is 11.9. The standard InChI is InChI=1S/C23H32F3NO5/c1-4-30-16-22(27-17(2)28,12-14-32-21-7-5-6-13-31-21)11-10-18-8-9-20(29-3)19(15-18)23(24,25)26/h8-11,15,21H,4-7,12-14,16H2,1-3H3,(H,27,28). The van der Waals surface area contributed by atoms with Crippen molar-refractivity contribution in [1.29, 1.82) is 0 Å². The molecule has 1 aromatic carbocycles. The van der Waals surface area contributed by atoms with Crippen LogP contribution < -0.4 is 10.1 Å². The average Bonchev–Trinajstić information content (AvgIpc) is 2.76. The van der Waals surface area contributed by atoms with Crippen molar-refractivity contribution in [1.82, 2.24) is 5.32 Å². The van der Waals surface area contributed by atoms with Gasteiger partial charge < -0.3 is 24.3 Å². The van der Waals surface area contributed by atoms with E-state index in [1.807, 2.05) is 6.92 Å². The number of halogens is 3. The first-order chi connectivity index (χ1) is 15.2. The molecule has 0 saturated carbocycles. The van der Waals surface area contributed by atoms with E-state index in [1.165, 1.54) is 26.2 Å². The lowest BCUT2D eigenvalue weighted by Crippen LogP contribution is -2.50. The number of hydrogen-bond donors (Lipinski definition) is 1. The molecular weight excluding hydrogens is 427 g/mol. The highest BCUT2D eigenvalue weighted by atomic mass is 19.4. The van der Waals surface area contributed by atoms with Crippen molar-refractivity contribution in [3.05, 3.63) is 35.4 Å². The number of carbonyl (C=O) groups excluding carboxylic acids is 1. The second-order valence-corrected chi connectivity index (χ2v) is 7.68. The predicted octanol–water partition coefficient (Wildman–Crippen LogP) is 4.57. The van der Waals surface area contributed by atoms with Crippen molar-refractivity contribution in [2.75, 3.05) is 33.5 Å². The van der Waals surface area contributed by atoms with E-state index in [1.54, 1.807) is 12.2 Å². The Bertz CT molecular complexity index is 762. The Morgan fingerprint density at radius 2 is 2.09 bits per heavy atom. The lowest BCUT2D eigenvalue weighted by Gasteiger charge is -2.32. The van der Waals surface area contributed by atoms with Gasteiger partial charge in [-0.1, -0.05) is 18.2 Å². The van der Waals surface area contributed by atoms with Crippen LogP contribution in [0.5, 0.6) is 5.75 Å². The second-order valence-electron chi connectivity index (χ2n) is 7.68.